The van der Waals surface area contributed by atoms with Crippen LogP contribution in [0.5, 0.6) is 0 Å². The van der Waals surface area contributed by atoms with Crippen molar-refractivity contribution < 1.29 is 0 Å². The monoisotopic (exact) mass is 285 g/mol. The molecule has 2 N–H and O–H groups in total. The van der Waals surface area contributed by atoms with Gasteiger partial charge in [0.05, 0.1) is 11.0 Å². The van der Waals surface area contributed by atoms with Crippen LogP contribution in [0.1, 0.15) is 17.0 Å². The third-order valence-corrected chi connectivity index (χ3v) is 3.76. The summed E-state index contributed by atoms with van der Waals surface area (Å²) >= 11 is 6.03. The highest BCUT2D eigenvalue weighted by molar-refractivity contribution is 6.30. The van der Waals surface area contributed by atoms with Crippen molar-refractivity contribution in [2.75, 3.05) is 0 Å². The van der Waals surface area contributed by atoms with E-state index in [4.69, 9.17) is 22.3 Å². The number of nitrogens with zero attached hydrogens (tertiary/aromatic N) is 2. The first kappa shape index (κ1) is 13.2. The van der Waals surface area contributed by atoms with Gasteiger partial charge in [-0.15, -0.1) is 0 Å². The maximum Gasteiger partial charge on any atom is 0.114 e. The molecule has 0 atom stereocenters. The maximum atomic E-state index is 6.03. The quantitative estimate of drug-likeness (QED) is 0.802. The van der Waals surface area contributed by atoms with Crippen molar-refractivity contribution >= 4 is 22.6 Å². The molecule has 1 aromatic heterocycles. The Balaban J connectivity index is 2.02. The average molecular weight is 286 g/mol. The lowest BCUT2D eigenvalue weighted by Gasteiger charge is -2.04. The Morgan fingerprint density at radius 2 is 2.00 bits per heavy atom. The van der Waals surface area contributed by atoms with Gasteiger partial charge in [0.25, 0.3) is 0 Å². The fraction of sp³-hybridized carbons (Fsp3) is 0.188. The van der Waals surface area contributed by atoms with Crippen LogP contribution in [0.15, 0.2) is 42.5 Å². The third-order valence-electron chi connectivity index (χ3n) is 3.52. The highest BCUT2D eigenvalue weighted by atomic mass is 35.5. The molecule has 0 fully saturated rings. The number of halogens is 1. The lowest BCUT2D eigenvalue weighted by Crippen LogP contribution is -2.00. The van der Waals surface area contributed by atoms with E-state index in [-0.39, 0.29) is 0 Å². The van der Waals surface area contributed by atoms with E-state index < -0.39 is 0 Å². The molecule has 0 aliphatic heterocycles. The van der Waals surface area contributed by atoms with Crippen molar-refractivity contribution in [2.24, 2.45) is 12.8 Å². The van der Waals surface area contributed by atoms with Gasteiger partial charge >= 0.3 is 0 Å². The molecule has 0 aliphatic rings. The first-order valence-electron chi connectivity index (χ1n) is 6.56. The minimum absolute atomic E-state index is 0.546. The molecule has 4 heteroatoms. The predicted octanol–water partition coefficient (Wildman–Crippen LogP) is 3.28. The number of hydrogen-bond donors (Lipinski definition) is 1. The zero-order valence-corrected chi connectivity index (χ0v) is 12.1. The van der Waals surface area contributed by atoms with Crippen molar-refractivity contribution in [3.63, 3.8) is 0 Å². The van der Waals surface area contributed by atoms with Crippen LogP contribution in [0, 0.1) is 0 Å². The Bertz CT molecular complexity index is 762. The lowest BCUT2D eigenvalue weighted by molar-refractivity contribution is 0.844. The van der Waals surface area contributed by atoms with E-state index in [1.165, 1.54) is 0 Å². The number of imidazole rings is 1. The molecule has 3 rings (SSSR count). The van der Waals surface area contributed by atoms with Crippen LogP contribution in [0.2, 0.25) is 5.02 Å². The van der Waals surface area contributed by atoms with Gasteiger partial charge in [-0.05, 0) is 35.4 Å². The van der Waals surface area contributed by atoms with Crippen LogP contribution in [0.25, 0.3) is 11.0 Å². The van der Waals surface area contributed by atoms with Crippen molar-refractivity contribution in [1.29, 1.82) is 0 Å². The number of nitrogens with two attached hydrogens (primary N) is 1. The molecule has 102 valence electrons. The molecule has 0 bridgehead atoms. The first-order chi connectivity index (χ1) is 9.67. The molecular weight excluding hydrogens is 270 g/mol. The summed E-state index contributed by atoms with van der Waals surface area (Å²) in [4.78, 5) is 4.69. The maximum absolute atomic E-state index is 6.03. The van der Waals surface area contributed by atoms with Gasteiger partial charge in [0.2, 0.25) is 0 Å². The number of rotatable bonds is 3. The van der Waals surface area contributed by atoms with Crippen LogP contribution in [0.4, 0.5) is 0 Å². The number of aromatic nitrogens is 2. The second kappa shape index (κ2) is 5.27. The minimum atomic E-state index is 0.546. The van der Waals surface area contributed by atoms with Crippen molar-refractivity contribution in [3.8, 4) is 0 Å². The van der Waals surface area contributed by atoms with Gasteiger partial charge in [-0.1, -0.05) is 29.8 Å². The minimum Gasteiger partial charge on any atom is -0.331 e. The molecule has 20 heavy (non-hydrogen) atoms. The van der Waals surface area contributed by atoms with E-state index in [1.807, 2.05) is 37.4 Å². The van der Waals surface area contributed by atoms with E-state index in [2.05, 4.69) is 16.7 Å². The van der Waals surface area contributed by atoms with Crippen LogP contribution >= 0.6 is 11.6 Å². The fourth-order valence-corrected chi connectivity index (χ4v) is 2.61. The van der Waals surface area contributed by atoms with Gasteiger partial charge in [0.15, 0.2) is 0 Å². The van der Waals surface area contributed by atoms with Gasteiger partial charge in [0, 0.05) is 25.0 Å². The Morgan fingerprint density at radius 3 is 2.75 bits per heavy atom. The zero-order valence-electron chi connectivity index (χ0n) is 11.3. The van der Waals surface area contributed by atoms with Crippen LogP contribution in [-0.4, -0.2) is 9.55 Å². The van der Waals surface area contributed by atoms with Crippen molar-refractivity contribution in [2.45, 2.75) is 13.0 Å². The van der Waals surface area contributed by atoms with E-state index in [0.717, 1.165) is 39.4 Å². The Labute approximate surface area is 123 Å². The third kappa shape index (κ3) is 2.42. The molecule has 0 saturated heterocycles. The molecule has 0 amide bonds. The SMILES string of the molecule is Cn1c(Cc2cccc(Cl)c2)nc2ccc(CN)cc21. The van der Waals surface area contributed by atoms with Crippen LogP contribution in [0.3, 0.4) is 0 Å². The van der Waals surface area contributed by atoms with Crippen molar-refractivity contribution in [3.05, 3.63) is 64.4 Å². The number of aryl methyl sites for hydroxylation is 1. The highest BCUT2D eigenvalue weighted by Gasteiger charge is 2.09. The fourth-order valence-electron chi connectivity index (χ4n) is 2.40. The number of benzene rings is 2. The molecule has 2 aromatic carbocycles. The summed E-state index contributed by atoms with van der Waals surface area (Å²) in [6.07, 6.45) is 0.768. The summed E-state index contributed by atoms with van der Waals surface area (Å²) < 4.78 is 2.12. The van der Waals surface area contributed by atoms with Crippen LogP contribution < -0.4 is 5.73 Å². The van der Waals surface area contributed by atoms with E-state index in [1.54, 1.807) is 0 Å². The average Bonchev–Trinajstić information content (AvgIpc) is 2.75. The van der Waals surface area contributed by atoms with E-state index in [9.17, 15) is 0 Å². The normalized spacial score (nSPS) is 11.2. The topological polar surface area (TPSA) is 43.8 Å². The second-order valence-corrected chi connectivity index (χ2v) is 5.36. The number of fused-ring (bicyclic) bond motifs is 1. The van der Waals surface area contributed by atoms with Gasteiger partial charge in [-0.2, -0.15) is 0 Å². The Kier molecular flexibility index (Phi) is 3.47. The summed E-state index contributed by atoms with van der Waals surface area (Å²) in [6, 6.07) is 14.0. The molecule has 0 saturated carbocycles. The van der Waals surface area contributed by atoms with Gasteiger partial charge < -0.3 is 10.3 Å². The van der Waals surface area contributed by atoms with E-state index >= 15 is 0 Å². The van der Waals surface area contributed by atoms with E-state index in [0.29, 0.717) is 6.54 Å². The molecule has 3 nitrogen and oxygen atoms in total. The summed E-state index contributed by atoms with van der Waals surface area (Å²) in [5.41, 5.74) is 10.1. The van der Waals surface area contributed by atoms with Gasteiger partial charge in [-0.3, -0.25) is 0 Å². The van der Waals surface area contributed by atoms with Gasteiger partial charge in [-0.25, -0.2) is 4.98 Å². The smallest absolute Gasteiger partial charge is 0.114 e. The largest absolute Gasteiger partial charge is 0.331 e. The zero-order chi connectivity index (χ0) is 14.1. The Morgan fingerprint density at radius 1 is 1.15 bits per heavy atom. The lowest BCUT2D eigenvalue weighted by atomic mass is 10.1. The second-order valence-electron chi connectivity index (χ2n) is 4.92. The molecule has 0 spiro atoms. The highest BCUT2D eigenvalue weighted by Crippen LogP contribution is 2.20. The molecule has 0 unspecified atom stereocenters. The summed E-state index contributed by atoms with van der Waals surface area (Å²) in [5, 5.41) is 0.756. The summed E-state index contributed by atoms with van der Waals surface area (Å²) in [6.45, 7) is 0.546. The summed E-state index contributed by atoms with van der Waals surface area (Å²) in [7, 11) is 2.04. The Hall–Kier alpha value is -1.84. The van der Waals surface area contributed by atoms with Gasteiger partial charge in [0.1, 0.15) is 5.82 Å². The molecule has 0 aliphatic carbocycles. The van der Waals surface area contributed by atoms with Crippen LogP contribution in [-0.2, 0) is 20.0 Å². The summed E-state index contributed by atoms with van der Waals surface area (Å²) in [5.74, 6) is 1.02. The van der Waals surface area contributed by atoms with Crippen molar-refractivity contribution in [1.82, 2.24) is 9.55 Å². The standard InChI is InChI=1S/C16H16ClN3/c1-20-15-8-12(10-18)5-6-14(15)19-16(20)9-11-3-2-4-13(17)7-11/h2-8H,9-10,18H2,1H3. The molecule has 0 radical (unpaired) electrons. The first-order valence-corrected chi connectivity index (χ1v) is 6.94. The predicted molar refractivity (Wildman–Crippen MR) is 82.9 cm³/mol. The molecule has 3 aromatic rings. The number of hydrogen-bond acceptors (Lipinski definition) is 2. The molecule has 1 heterocycles. The molecular formula is C16H16ClN3.